The molecule has 1 aliphatic heterocycles. The van der Waals surface area contributed by atoms with E-state index in [0.29, 0.717) is 12.2 Å². The Bertz CT molecular complexity index is 533. The number of benzene rings is 1. The van der Waals surface area contributed by atoms with E-state index in [4.69, 9.17) is 10.8 Å². The third kappa shape index (κ3) is 2.38. The molecule has 0 bridgehead atoms. The minimum absolute atomic E-state index is 0.0681. The van der Waals surface area contributed by atoms with E-state index >= 15 is 0 Å². The molecule has 0 radical (unpaired) electrons. The number of carboxylic acids is 1. The number of aliphatic carboxylic acids is 1. The molecule has 19 heavy (non-hydrogen) atoms. The van der Waals surface area contributed by atoms with Gasteiger partial charge in [0.1, 0.15) is 5.82 Å². The molecule has 6 heteroatoms. The zero-order valence-corrected chi connectivity index (χ0v) is 10.5. The van der Waals surface area contributed by atoms with Crippen molar-refractivity contribution in [3.63, 3.8) is 0 Å². The molecule has 1 fully saturated rings. The second-order valence-corrected chi connectivity index (χ2v) is 4.83. The number of rotatable bonds is 3. The van der Waals surface area contributed by atoms with Crippen LogP contribution >= 0.6 is 0 Å². The number of carbonyl (C=O) groups is 2. The molecule has 102 valence electrons. The third-order valence-electron chi connectivity index (χ3n) is 3.51. The lowest BCUT2D eigenvalue weighted by Crippen LogP contribution is -2.26. The smallest absolute Gasteiger partial charge is 0.308 e. The second-order valence-electron chi connectivity index (χ2n) is 4.83. The first-order valence-corrected chi connectivity index (χ1v) is 5.98. The van der Waals surface area contributed by atoms with E-state index in [1.165, 1.54) is 6.07 Å². The summed E-state index contributed by atoms with van der Waals surface area (Å²) in [5.41, 5.74) is 5.37. The highest BCUT2D eigenvalue weighted by Crippen LogP contribution is 2.31. The Morgan fingerprint density at radius 3 is 2.63 bits per heavy atom. The van der Waals surface area contributed by atoms with E-state index in [0.717, 1.165) is 6.07 Å². The lowest BCUT2D eigenvalue weighted by Gasteiger charge is -2.21. The van der Waals surface area contributed by atoms with Gasteiger partial charge in [0, 0.05) is 13.1 Å². The summed E-state index contributed by atoms with van der Waals surface area (Å²) in [5.74, 6) is -3.01. The van der Waals surface area contributed by atoms with E-state index in [1.54, 1.807) is 11.0 Å². The van der Waals surface area contributed by atoms with Gasteiger partial charge in [-0.25, -0.2) is 4.39 Å². The molecule has 1 aliphatic rings. The van der Waals surface area contributed by atoms with Crippen molar-refractivity contribution in [1.29, 1.82) is 0 Å². The Morgan fingerprint density at radius 2 is 2.11 bits per heavy atom. The average Bonchev–Trinajstić information content (AvgIpc) is 2.70. The third-order valence-corrected chi connectivity index (χ3v) is 3.51. The van der Waals surface area contributed by atoms with Crippen LogP contribution in [0, 0.1) is 17.7 Å². The lowest BCUT2D eigenvalue weighted by atomic mass is 9.99. The Balaban J connectivity index is 2.37. The maximum absolute atomic E-state index is 13.7. The number of amides is 1. The summed E-state index contributed by atoms with van der Waals surface area (Å²) < 4.78 is 13.7. The number of primary amides is 1. The van der Waals surface area contributed by atoms with Crippen molar-refractivity contribution >= 4 is 17.6 Å². The first kappa shape index (κ1) is 13.3. The molecule has 0 unspecified atom stereocenters. The van der Waals surface area contributed by atoms with Crippen LogP contribution in [0.2, 0.25) is 0 Å². The number of nitrogens with zero attached hydrogens (tertiary/aromatic N) is 1. The molecule has 1 heterocycles. The van der Waals surface area contributed by atoms with Crippen molar-refractivity contribution < 1.29 is 19.1 Å². The van der Waals surface area contributed by atoms with Gasteiger partial charge in [0.15, 0.2) is 0 Å². The van der Waals surface area contributed by atoms with Crippen LogP contribution in [-0.4, -0.2) is 30.1 Å². The highest BCUT2D eigenvalue weighted by atomic mass is 19.1. The Kier molecular flexibility index (Phi) is 3.42. The summed E-state index contributed by atoms with van der Waals surface area (Å²) in [5, 5.41) is 9.09. The Morgan fingerprint density at radius 1 is 1.42 bits per heavy atom. The summed E-state index contributed by atoms with van der Waals surface area (Å²) in [7, 11) is 0. The minimum Gasteiger partial charge on any atom is -0.481 e. The van der Waals surface area contributed by atoms with E-state index in [2.05, 4.69) is 0 Å². The van der Waals surface area contributed by atoms with Crippen molar-refractivity contribution in [3.8, 4) is 0 Å². The molecule has 1 aromatic carbocycles. The molecule has 1 amide bonds. The zero-order chi connectivity index (χ0) is 14.2. The van der Waals surface area contributed by atoms with E-state index in [1.807, 2.05) is 6.92 Å². The van der Waals surface area contributed by atoms with E-state index < -0.39 is 23.6 Å². The molecule has 1 aromatic rings. The van der Waals surface area contributed by atoms with Gasteiger partial charge in [-0.1, -0.05) is 13.0 Å². The predicted molar refractivity (Wildman–Crippen MR) is 67.4 cm³/mol. The number of hydrogen-bond acceptors (Lipinski definition) is 3. The van der Waals surface area contributed by atoms with Crippen LogP contribution in [0.25, 0.3) is 0 Å². The van der Waals surface area contributed by atoms with Crippen molar-refractivity contribution in [1.82, 2.24) is 0 Å². The maximum atomic E-state index is 13.7. The summed E-state index contributed by atoms with van der Waals surface area (Å²) in [6.07, 6.45) is 0. The molecule has 0 aliphatic carbocycles. The minimum atomic E-state index is -0.882. The zero-order valence-electron chi connectivity index (χ0n) is 10.5. The topological polar surface area (TPSA) is 83.6 Å². The number of nitrogens with two attached hydrogens (primary N) is 1. The number of anilines is 1. The van der Waals surface area contributed by atoms with Gasteiger partial charge in [0.25, 0.3) is 5.91 Å². The number of hydrogen-bond donors (Lipinski definition) is 2. The van der Waals surface area contributed by atoms with Crippen LogP contribution in [0.3, 0.4) is 0 Å². The van der Waals surface area contributed by atoms with E-state index in [9.17, 15) is 14.0 Å². The molecule has 0 aromatic heterocycles. The van der Waals surface area contributed by atoms with Gasteiger partial charge in [-0.15, -0.1) is 0 Å². The van der Waals surface area contributed by atoms with Crippen molar-refractivity contribution in [2.45, 2.75) is 6.92 Å². The second kappa shape index (κ2) is 4.87. The first-order valence-electron chi connectivity index (χ1n) is 5.98. The van der Waals surface area contributed by atoms with Crippen molar-refractivity contribution in [2.24, 2.45) is 17.6 Å². The quantitative estimate of drug-likeness (QED) is 0.857. The van der Waals surface area contributed by atoms with Gasteiger partial charge in [-0.3, -0.25) is 9.59 Å². The largest absolute Gasteiger partial charge is 0.481 e. The Labute approximate surface area is 109 Å². The van der Waals surface area contributed by atoms with Gasteiger partial charge in [0.05, 0.1) is 17.2 Å². The molecule has 3 N–H and O–H groups in total. The molecule has 0 spiro atoms. The SMILES string of the molecule is C[C@@H]1CN(c2cccc(F)c2C(N)=O)C[C@H]1C(=O)O. The molecular formula is C13H15FN2O3. The molecular weight excluding hydrogens is 251 g/mol. The van der Waals surface area contributed by atoms with Crippen LogP contribution in [-0.2, 0) is 4.79 Å². The van der Waals surface area contributed by atoms with Crippen LogP contribution in [0.5, 0.6) is 0 Å². The average molecular weight is 266 g/mol. The summed E-state index contributed by atoms with van der Waals surface area (Å²) in [4.78, 5) is 24.1. The summed E-state index contributed by atoms with van der Waals surface area (Å²) in [6.45, 7) is 2.53. The van der Waals surface area contributed by atoms with E-state index in [-0.39, 0.29) is 18.0 Å². The highest BCUT2D eigenvalue weighted by Gasteiger charge is 2.36. The van der Waals surface area contributed by atoms with Crippen LogP contribution in [0.4, 0.5) is 10.1 Å². The molecule has 2 rings (SSSR count). The van der Waals surface area contributed by atoms with Gasteiger partial charge < -0.3 is 15.7 Å². The summed E-state index contributed by atoms with van der Waals surface area (Å²) >= 11 is 0. The standard InChI is InChI=1S/C13H15FN2O3/c1-7-5-16(6-8(7)13(18)19)10-4-2-3-9(14)11(10)12(15)17/h2-4,7-8H,5-6H2,1H3,(H2,15,17)(H,18,19)/t7-,8-/m1/s1. The maximum Gasteiger partial charge on any atom is 0.308 e. The fourth-order valence-corrected chi connectivity index (χ4v) is 2.51. The molecule has 5 nitrogen and oxygen atoms in total. The van der Waals surface area contributed by atoms with Crippen molar-refractivity contribution in [3.05, 3.63) is 29.6 Å². The molecule has 2 atom stereocenters. The Hall–Kier alpha value is -2.11. The van der Waals surface area contributed by atoms with Crippen LogP contribution in [0.1, 0.15) is 17.3 Å². The van der Waals surface area contributed by atoms with Gasteiger partial charge in [-0.2, -0.15) is 0 Å². The lowest BCUT2D eigenvalue weighted by molar-refractivity contribution is -0.142. The fourth-order valence-electron chi connectivity index (χ4n) is 2.51. The monoisotopic (exact) mass is 266 g/mol. The number of halogens is 1. The van der Waals surface area contributed by atoms with Crippen molar-refractivity contribution in [2.75, 3.05) is 18.0 Å². The van der Waals surface area contributed by atoms with Gasteiger partial charge in [0.2, 0.25) is 0 Å². The molecule has 0 saturated carbocycles. The summed E-state index contributed by atoms with van der Waals surface area (Å²) in [6, 6.07) is 4.23. The first-order chi connectivity index (χ1) is 8.91. The van der Waals surface area contributed by atoms with Crippen LogP contribution in [0.15, 0.2) is 18.2 Å². The van der Waals surface area contributed by atoms with Crippen LogP contribution < -0.4 is 10.6 Å². The predicted octanol–water partition coefficient (Wildman–Crippen LogP) is 1.08. The number of carboxylic acid groups (broad SMARTS) is 1. The van der Waals surface area contributed by atoms with Gasteiger partial charge in [-0.05, 0) is 18.1 Å². The molecule has 1 saturated heterocycles. The highest BCUT2D eigenvalue weighted by molar-refractivity contribution is 5.99. The normalized spacial score (nSPS) is 22.5. The number of carbonyl (C=O) groups excluding carboxylic acids is 1. The fraction of sp³-hybridized carbons (Fsp3) is 0.385. The van der Waals surface area contributed by atoms with Gasteiger partial charge >= 0.3 is 5.97 Å².